The molecule has 0 N–H and O–H groups in total. The van der Waals surface area contributed by atoms with Crippen LogP contribution in [0.15, 0.2) is 54.6 Å². The molecule has 1 aromatic carbocycles. The van der Waals surface area contributed by atoms with Gasteiger partial charge in [0, 0.05) is 28.9 Å². The minimum absolute atomic E-state index is 0.108. The van der Waals surface area contributed by atoms with Gasteiger partial charge in [0.1, 0.15) is 0 Å². The van der Waals surface area contributed by atoms with E-state index in [0.717, 1.165) is 37.7 Å². The Morgan fingerprint density at radius 3 is 2.62 bits per heavy atom. The number of allylic oxidation sites excluding steroid dienone is 3. The Kier molecular flexibility index (Phi) is 13.5. The minimum atomic E-state index is -1.15. The second kappa shape index (κ2) is 16.4. The maximum Gasteiger partial charge on any atom is 0.309 e. The summed E-state index contributed by atoms with van der Waals surface area (Å²) in [5.41, 5.74) is 1.04. The molecule has 1 saturated heterocycles. The van der Waals surface area contributed by atoms with Gasteiger partial charge in [0.2, 0.25) is 0 Å². The Balaban J connectivity index is 2.01. The quantitative estimate of drug-likeness (QED) is 0.164. The van der Waals surface area contributed by atoms with Gasteiger partial charge in [0.15, 0.2) is 0 Å². The van der Waals surface area contributed by atoms with E-state index in [1.54, 1.807) is 6.92 Å². The third-order valence-corrected chi connectivity index (χ3v) is 7.76. The molecule has 1 fully saturated rings. The summed E-state index contributed by atoms with van der Waals surface area (Å²) in [6.07, 6.45) is 15.1. The Morgan fingerprint density at radius 2 is 1.88 bits per heavy atom. The highest BCUT2D eigenvalue weighted by molar-refractivity contribution is 7.85. The van der Waals surface area contributed by atoms with Crippen molar-refractivity contribution in [2.45, 2.75) is 76.2 Å². The standard InChI is InChI=1S/C28H40O5S/c1-3-5-6-7-14-19-26(34(31)22-23-16-11-10-12-17-23)25-21-33-28(30)24(25)18-13-8-9-15-20-27(29)32-4-2/h8,10-14,16-17,19,24-26H,3-7,9,15,18,20-22H2,1-2H3/b13-8?,19-14+. The van der Waals surface area contributed by atoms with Crippen molar-refractivity contribution in [3.8, 4) is 0 Å². The van der Waals surface area contributed by atoms with Crippen molar-refractivity contribution >= 4 is 22.7 Å². The lowest BCUT2D eigenvalue weighted by Crippen LogP contribution is -2.31. The number of cyclic esters (lactones) is 1. The highest BCUT2D eigenvalue weighted by Gasteiger charge is 2.42. The Bertz CT molecular complexity index is 817. The van der Waals surface area contributed by atoms with Crippen LogP contribution in [0, 0.1) is 11.8 Å². The largest absolute Gasteiger partial charge is 0.466 e. The van der Waals surface area contributed by atoms with Crippen molar-refractivity contribution < 1.29 is 23.3 Å². The van der Waals surface area contributed by atoms with E-state index in [4.69, 9.17) is 9.47 Å². The number of unbranched alkanes of at least 4 members (excludes halogenated alkanes) is 4. The van der Waals surface area contributed by atoms with Gasteiger partial charge in [-0.1, -0.05) is 74.4 Å². The predicted octanol–water partition coefficient (Wildman–Crippen LogP) is 5.91. The van der Waals surface area contributed by atoms with Gasteiger partial charge in [-0.05, 0) is 44.6 Å². The summed E-state index contributed by atoms with van der Waals surface area (Å²) in [5, 5.41) is -0.226. The van der Waals surface area contributed by atoms with E-state index >= 15 is 0 Å². The molecule has 2 rings (SSSR count). The number of esters is 2. The zero-order valence-corrected chi connectivity index (χ0v) is 21.5. The van der Waals surface area contributed by atoms with E-state index in [9.17, 15) is 13.8 Å². The van der Waals surface area contributed by atoms with Crippen LogP contribution in [0.4, 0.5) is 0 Å². The van der Waals surface area contributed by atoms with Gasteiger partial charge in [0.25, 0.3) is 0 Å². The molecule has 1 heterocycles. The highest BCUT2D eigenvalue weighted by atomic mass is 32.2. The molecule has 1 aliphatic heterocycles. The third-order valence-electron chi connectivity index (χ3n) is 6.03. The molecule has 6 heteroatoms. The van der Waals surface area contributed by atoms with E-state index in [0.29, 0.717) is 31.8 Å². The summed E-state index contributed by atoms with van der Waals surface area (Å²) in [6.45, 7) is 4.69. The van der Waals surface area contributed by atoms with Gasteiger partial charge in [-0.25, -0.2) is 0 Å². The molecular weight excluding hydrogens is 448 g/mol. The van der Waals surface area contributed by atoms with Crippen molar-refractivity contribution in [3.05, 3.63) is 60.2 Å². The fourth-order valence-corrected chi connectivity index (χ4v) is 5.79. The number of carbonyl (C=O) groups is 2. The number of rotatable bonds is 16. The first-order valence-electron chi connectivity index (χ1n) is 12.6. The van der Waals surface area contributed by atoms with Gasteiger partial charge in [-0.15, -0.1) is 0 Å². The molecule has 1 aromatic rings. The van der Waals surface area contributed by atoms with E-state index in [1.165, 1.54) is 6.42 Å². The molecule has 0 saturated carbocycles. The number of benzene rings is 1. The Hall–Kier alpha value is -2.21. The van der Waals surface area contributed by atoms with Crippen LogP contribution in [0.2, 0.25) is 0 Å². The number of hydrogen-bond donors (Lipinski definition) is 0. The van der Waals surface area contributed by atoms with Gasteiger partial charge in [-0.2, -0.15) is 0 Å². The van der Waals surface area contributed by atoms with Gasteiger partial charge in [0.05, 0.1) is 24.4 Å². The maximum atomic E-state index is 13.4. The summed E-state index contributed by atoms with van der Waals surface area (Å²) in [6, 6.07) is 9.86. The summed E-state index contributed by atoms with van der Waals surface area (Å²) >= 11 is 0. The zero-order valence-electron chi connectivity index (χ0n) is 20.7. The zero-order chi connectivity index (χ0) is 24.6. The first-order valence-corrected chi connectivity index (χ1v) is 14.0. The van der Waals surface area contributed by atoms with Crippen molar-refractivity contribution in [2.24, 2.45) is 11.8 Å². The molecule has 0 aromatic heterocycles. The molecule has 188 valence electrons. The molecular formula is C28H40O5S. The minimum Gasteiger partial charge on any atom is -0.466 e. The Morgan fingerprint density at radius 1 is 1.12 bits per heavy atom. The van der Waals surface area contributed by atoms with Gasteiger partial charge in [-0.3, -0.25) is 13.8 Å². The van der Waals surface area contributed by atoms with Crippen LogP contribution >= 0.6 is 0 Å². The molecule has 0 aliphatic carbocycles. The molecule has 0 spiro atoms. The average molecular weight is 489 g/mol. The number of ether oxygens (including phenoxy) is 2. The summed E-state index contributed by atoms with van der Waals surface area (Å²) < 4.78 is 23.8. The van der Waals surface area contributed by atoms with Crippen LogP contribution in [0.1, 0.15) is 70.8 Å². The first-order chi connectivity index (χ1) is 16.6. The lowest BCUT2D eigenvalue weighted by molar-refractivity contribution is -0.143. The van der Waals surface area contributed by atoms with Crippen LogP contribution < -0.4 is 0 Å². The van der Waals surface area contributed by atoms with Crippen molar-refractivity contribution in [1.29, 1.82) is 0 Å². The molecule has 34 heavy (non-hydrogen) atoms. The summed E-state index contributed by atoms with van der Waals surface area (Å²) in [7, 11) is -1.15. The van der Waals surface area contributed by atoms with E-state index < -0.39 is 10.8 Å². The molecule has 4 atom stereocenters. The fraction of sp³-hybridized carbons (Fsp3) is 0.571. The SMILES string of the molecule is CCCCC/C=C/C(C1COC(=O)C1CC=CCCCC(=O)OCC)S(=O)Cc1ccccc1. The molecule has 0 radical (unpaired) electrons. The van der Waals surface area contributed by atoms with Crippen LogP contribution in [-0.4, -0.2) is 34.6 Å². The third kappa shape index (κ3) is 9.96. The highest BCUT2D eigenvalue weighted by Crippen LogP contribution is 2.32. The number of carbonyl (C=O) groups excluding carboxylic acids is 2. The van der Waals surface area contributed by atoms with Gasteiger partial charge < -0.3 is 9.47 Å². The van der Waals surface area contributed by atoms with E-state index in [1.807, 2.05) is 42.5 Å². The van der Waals surface area contributed by atoms with E-state index in [2.05, 4.69) is 19.1 Å². The fourth-order valence-electron chi connectivity index (χ4n) is 4.13. The van der Waals surface area contributed by atoms with Crippen LogP contribution in [0.3, 0.4) is 0 Å². The lowest BCUT2D eigenvalue weighted by atomic mass is 9.88. The first kappa shape index (κ1) is 28.0. The average Bonchev–Trinajstić information content (AvgIpc) is 3.19. The summed E-state index contributed by atoms with van der Waals surface area (Å²) in [5.74, 6) is -0.326. The van der Waals surface area contributed by atoms with Crippen LogP contribution in [-0.2, 0) is 35.6 Å². The van der Waals surface area contributed by atoms with E-state index in [-0.39, 0.29) is 29.0 Å². The second-order valence-electron chi connectivity index (χ2n) is 8.70. The van der Waals surface area contributed by atoms with Crippen molar-refractivity contribution in [2.75, 3.05) is 13.2 Å². The molecule has 4 unspecified atom stereocenters. The predicted molar refractivity (Wildman–Crippen MR) is 138 cm³/mol. The van der Waals surface area contributed by atoms with Crippen molar-refractivity contribution in [1.82, 2.24) is 0 Å². The monoisotopic (exact) mass is 488 g/mol. The molecule has 0 bridgehead atoms. The maximum absolute atomic E-state index is 13.4. The lowest BCUT2D eigenvalue weighted by Gasteiger charge is -2.22. The smallest absolute Gasteiger partial charge is 0.309 e. The normalized spacial score (nSPS) is 20.0. The molecule has 1 aliphatic rings. The van der Waals surface area contributed by atoms with Gasteiger partial charge >= 0.3 is 11.9 Å². The number of hydrogen-bond acceptors (Lipinski definition) is 5. The molecule has 0 amide bonds. The Labute approximate surface area is 207 Å². The topological polar surface area (TPSA) is 69.7 Å². The summed E-state index contributed by atoms with van der Waals surface area (Å²) in [4.78, 5) is 24.0. The van der Waals surface area contributed by atoms with Crippen molar-refractivity contribution in [3.63, 3.8) is 0 Å². The van der Waals surface area contributed by atoms with Crippen LogP contribution in [0.25, 0.3) is 0 Å². The van der Waals surface area contributed by atoms with Crippen LogP contribution in [0.5, 0.6) is 0 Å². The second-order valence-corrected chi connectivity index (χ2v) is 10.3. The molecule has 5 nitrogen and oxygen atoms in total.